The molecule has 1 heterocycles. The molecule has 1 aliphatic heterocycles. The summed E-state index contributed by atoms with van der Waals surface area (Å²) >= 11 is 0. The van der Waals surface area contributed by atoms with Crippen LogP contribution < -0.4 is 10.1 Å². The topological polar surface area (TPSA) is 36.9 Å². The van der Waals surface area contributed by atoms with E-state index in [1.54, 1.807) is 19.2 Å². The lowest BCUT2D eigenvalue weighted by Crippen LogP contribution is -2.42. The van der Waals surface area contributed by atoms with Crippen molar-refractivity contribution in [1.82, 2.24) is 10.2 Å². The van der Waals surface area contributed by atoms with Crippen molar-refractivity contribution in [1.29, 1.82) is 0 Å². The normalized spacial score (nSPS) is 20.0. The fourth-order valence-corrected chi connectivity index (χ4v) is 3.55. The van der Waals surface area contributed by atoms with E-state index >= 15 is 0 Å². The van der Waals surface area contributed by atoms with Gasteiger partial charge in [-0.3, -0.25) is 4.99 Å². The molecule has 23 heavy (non-hydrogen) atoms. The van der Waals surface area contributed by atoms with E-state index in [1.807, 2.05) is 6.07 Å². The van der Waals surface area contributed by atoms with Crippen LogP contribution in [0.1, 0.15) is 31.2 Å². The van der Waals surface area contributed by atoms with E-state index in [0.717, 1.165) is 24.6 Å². The van der Waals surface area contributed by atoms with Crippen molar-refractivity contribution in [3.63, 3.8) is 0 Å². The lowest BCUT2D eigenvalue weighted by Gasteiger charge is -2.38. The first-order valence-corrected chi connectivity index (χ1v) is 8.10. The zero-order valence-electron chi connectivity index (χ0n) is 13.4. The van der Waals surface area contributed by atoms with Gasteiger partial charge < -0.3 is 15.0 Å². The Hall–Kier alpha value is -1.85. The van der Waals surface area contributed by atoms with Crippen molar-refractivity contribution < 1.29 is 13.5 Å². The Balaban J connectivity index is 1.56. The van der Waals surface area contributed by atoms with E-state index < -0.39 is 6.61 Å². The third-order valence-corrected chi connectivity index (χ3v) is 4.94. The van der Waals surface area contributed by atoms with E-state index in [1.165, 1.54) is 31.7 Å². The zero-order chi connectivity index (χ0) is 16.3. The minimum Gasteiger partial charge on any atom is -0.435 e. The largest absolute Gasteiger partial charge is 0.435 e. The summed E-state index contributed by atoms with van der Waals surface area (Å²) in [5.74, 6) is 1.07. The molecule has 4 nitrogen and oxygen atoms in total. The lowest BCUT2D eigenvalue weighted by atomic mass is 9.68. The van der Waals surface area contributed by atoms with E-state index in [4.69, 9.17) is 0 Å². The molecule has 0 bridgehead atoms. The average Bonchev–Trinajstić information content (AvgIpc) is 2.93. The molecule has 1 saturated heterocycles. The Morgan fingerprint density at radius 3 is 2.83 bits per heavy atom. The number of hydrogen-bond donors (Lipinski definition) is 1. The van der Waals surface area contributed by atoms with Gasteiger partial charge in [-0.1, -0.05) is 18.6 Å². The van der Waals surface area contributed by atoms with Crippen LogP contribution in [0.4, 0.5) is 8.78 Å². The van der Waals surface area contributed by atoms with Crippen LogP contribution in [0.3, 0.4) is 0 Å². The van der Waals surface area contributed by atoms with E-state index in [2.05, 4.69) is 19.9 Å². The van der Waals surface area contributed by atoms with E-state index in [-0.39, 0.29) is 5.75 Å². The summed E-state index contributed by atoms with van der Waals surface area (Å²) in [5.41, 5.74) is 1.41. The fourth-order valence-electron chi connectivity index (χ4n) is 3.55. The van der Waals surface area contributed by atoms with Crippen LogP contribution in [0.2, 0.25) is 0 Å². The van der Waals surface area contributed by atoms with Crippen LogP contribution in [0.15, 0.2) is 29.3 Å². The third kappa shape index (κ3) is 3.74. The second kappa shape index (κ2) is 6.72. The molecule has 2 aliphatic rings. The molecule has 1 spiro atoms. The maximum atomic E-state index is 12.3. The number of likely N-dealkylation sites (tertiary alicyclic amines) is 1. The number of nitrogens with one attached hydrogen (secondary N) is 1. The number of alkyl halides is 2. The molecule has 3 rings (SSSR count). The van der Waals surface area contributed by atoms with Crippen molar-refractivity contribution in [2.45, 2.75) is 38.8 Å². The van der Waals surface area contributed by atoms with Crippen molar-refractivity contribution in [3.8, 4) is 5.75 Å². The van der Waals surface area contributed by atoms with E-state index in [0.29, 0.717) is 12.0 Å². The number of halogens is 2. The summed E-state index contributed by atoms with van der Waals surface area (Å²) in [6, 6.07) is 6.77. The molecule has 1 aromatic rings. The second-order valence-corrected chi connectivity index (χ2v) is 6.45. The zero-order valence-corrected chi connectivity index (χ0v) is 13.4. The van der Waals surface area contributed by atoms with E-state index in [9.17, 15) is 8.78 Å². The molecule has 0 radical (unpaired) electrons. The van der Waals surface area contributed by atoms with Gasteiger partial charge in [-0.2, -0.15) is 8.78 Å². The SMILES string of the molecule is CN=C(NCc1cccc(OC(F)F)c1)N1CCC2(CCC2)C1. The van der Waals surface area contributed by atoms with Gasteiger partial charge in [-0.15, -0.1) is 0 Å². The Bertz CT molecular complexity index is 573. The standard InChI is InChI=1S/C17H23F2N3O/c1-20-16(22-9-8-17(12-22)6-3-7-17)21-11-13-4-2-5-14(10-13)23-15(18)19/h2,4-5,10,15H,3,6-9,11-12H2,1H3,(H,20,21). The molecule has 1 saturated carbocycles. The number of ether oxygens (including phenoxy) is 1. The summed E-state index contributed by atoms with van der Waals surface area (Å²) in [7, 11) is 1.78. The molecule has 1 N–H and O–H groups in total. The van der Waals surface area contributed by atoms with Gasteiger partial charge >= 0.3 is 6.61 Å². The molecule has 1 aliphatic carbocycles. The molecule has 0 unspecified atom stereocenters. The minimum absolute atomic E-state index is 0.184. The third-order valence-electron chi connectivity index (χ3n) is 4.94. The molecular weight excluding hydrogens is 300 g/mol. The molecule has 126 valence electrons. The highest BCUT2D eigenvalue weighted by Crippen LogP contribution is 2.47. The van der Waals surface area contributed by atoms with Gasteiger partial charge in [0.15, 0.2) is 5.96 Å². The van der Waals surface area contributed by atoms with Crippen LogP contribution in [0.5, 0.6) is 5.75 Å². The highest BCUT2D eigenvalue weighted by Gasteiger charge is 2.43. The van der Waals surface area contributed by atoms with Crippen LogP contribution in [0, 0.1) is 5.41 Å². The number of nitrogens with zero attached hydrogens (tertiary/aromatic N) is 2. The van der Waals surface area contributed by atoms with Crippen LogP contribution in [-0.4, -0.2) is 37.6 Å². The molecule has 6 heteroatoms. The van der Waals surface area contributed by atoms with Gasteiger partial charge in [0.2, 0.25) is 0 Å². The van der Waals surface area contributed by atoms with Crippen LogP contribution in [0.25, 0.3) is 0 Å². The average molecular weight is 323 g/mol. The first kappa shape index (κ1) is 16.0. The quantitative estimate of drug-likeness (QED) is 0.683. The maximum Gasteiger partial charge on any atom is 0.387 e. The maximum absolute atomic E-state index is 12.3. The van der Waals surface area contributed by atoms with Crippen LogP contribution in [-0.2, 0) is 6.54 Å². The highest BCUT2D eigenvalue weighted by molar-refractivity contribution is 5.80. The Kier molecular flexibility index (Phi) is 4.68. The Morgan fingerprint density at radius 1 is 1.39 bits per heavy atom. The monoisotopic (exact) mass is 323 g/mol. The Morgan fingerprint density at radius 2 is 2.22 bits per heavy atom. The van der Waals surface area contributed by atoms with Gasteiger partial charge in [0.05, 0.1) is 0 Å². The lowest BCUT2D eigenvalue weighted by molar-refractivity contribution is -0.0498. The summed E-state index contributed by atoms with van der Waals surface area (Å²) in [6.45, 7) is -0.152. The van der Waals surface area contributed by atoms with Crippen molar-refractivity contribution in [2.24, 2.45) is 10.4 Å². The van der Waals surface area contributed by atoms with Gasteiger partial charge in [0.25, 0.3) is 0 Å². The number of aliphatic imine (C=N–C) groups is 1. The molecule has 1 aromatic carbocycles. The van der Waals surface area contributed by atoms with Crippen LogP contribution >= 0.6 is 0 Å². The second-order valence-electron chi connectivity index (χ2n) is 6.45. The summed E-state index contributed by atoms with van der Waals surface area (Å²) in [6.07, 6.45) is 5.24. The summed E-state index contributed by atoms with van der Waals surface area (Å²) in [4.78, 5) is 6.66. The van der Waals surface area contributed by atoms with Gasteiger partial charge in [-0.05, 0) is 42.4 Å². The van der Waals surface area contributed by atoms with Crippen molar-refractivity contribution in [2.75, 3.05) is 20.1 Å². The number of hydrogen-bond acceptors (Lipinski definition) is 2. The van der Waals surface area contributed by atoms with Gasteiger partial charge in [0.1, 0.15) is 5.75 Å². The minimum atomic E-state index is -2.80. The first-order valence-electron chi connectivity index (χ1n) is 8.10. The summed E-state index contributed by atoms with van der Waals surface area (Å²) in [5, 5.41) is 3.33. The van der Waals surface area contributed by atoms with Gasteiger partial charge in [0, 0.05) is 26.7 Å². The molecule has 0 aromatic heterocycles. The number of benzene rings is 1. The predicted octanol–water partition coefficient (Wildman–Crippen LogP) is 3.24. The first-order chi connectivity index (χ1) is 11.1. The predicted molar refractivity (Wildman–Crippen MR) is 85.7 cm³/mol. The highest BCUT2D eigenvalue weighted by atomic mass is 19.3. The van der Waals surface area contributed by atoms with Crippen molar-refractivity contribution >= 4 is 5.96 Å². The fraction of sp³-hybridized carbons (Fsp3) is 0.588. The molecular formula is C17H23F2N3O. The number of guanidine groups is 1. The molecule has 0 amide bonds. The molecule has 0 atom stereocenters. The summed E-state index contributed by atoms with van der Waals surface area (Å²) < 4.78 is 29.0. The molecule has 2 fully saturated rings. The van der Waals surface area contributed by atoms with Gasteiger partial charge in [-0.25, -0.2) is 0 Å². The van der Waals surface area contributed by atoms with Crippen molar-refractivity contribution in [3.05, 3.63) is 29.8 Å². The smallest absolute Gasteiger partial charge is 0.387 e. The Labute approximate surface area is 135 Å². The number of rotatable bonds is 4.